The van der Waals surface area contributed by atoms with Crippen molar-refractivity contribution in [2.24, 2.45) is 10.7 Å². The highest BCUT2D eigenvalue weighted by molar-refractivity contribution is 6.28. The first-order valence-corrected chi connectivity index (χ1v) is 5.62. The van der Waals surface area contributed by atoms with Gasteiger partial charge in [-0.15, -0.1) is 11.6 Å². The highest BCUT2D eigenvalue weighted by Gasteiger charge is 2.02. The van der Waals surface area contributed by atoms with E-state index in [1.165, 1.54) is 0 Å². The quantitative estimate of drug-likeness (QED) is 0.493. The minimum absolute atomic E-state index is 0.162. The molecule has 0 unspecified atom stereocenters. The van der Waals surface area contributed by atoms with Gasteiger partial charge >= 0.3 is 6.09 Å². The number of rotatable bonds is 4. The number of hydrogen-bond donors (Lipinski definition) is 2. The Bertz CT molecular complexity index is 421. The number of amides is 1. The van der Waals surface area contributed by atoms with Crippen LogP contribution in [0.1, 0.15) is 6.92 Å². The molecule has 17 heavy (non-hydrogen) atoms. The van der Waals surface area contributed by atoms with E-state index < -0.39 is 6.09 Å². The maximum absolute atomic E-state index is 11.2. The molecular weight excluding hydrogens is 242 g/mol. The maximum Gasteiger partial charge on any atom is 0.411 e. The SMILES string of the molecule is CCOC(=O)Nc1cccc(N=C(N)CCl)c1. The summed E-state index contributed by atoms with van der Waals surface area (Å²) in [6.45, 7) is 2.06. The van der Waals surface area contributed by atoms with E-state index >= 15 is 0 Å². The number of nitrogens with two attached hydrogens (primary N) is 1. The van der Waals surface area contributed by atoms with Gasteiger partial charge in [0, 0.05) is 5.69 Å². The molecule has 5 nitrogen and oxygen atoms in total. The van der Waals surface area contributed by atoms with E-state index in [9.17, 15) is 4.79 Å². The summed E-state index contributed by atoms with van der Waals surface area (Å²) in [5, 5.41) is 2.57. The average Bonchev–Trinajstić information content (AvgIpc) is 2.29. The van der Waals surface area contributed by atoms with E-state index in [1.54, 1.807) is 31.2 Å². The number of hydrogen-bond acceptors (Lipinski definition) is 3. The van der Waals surface area contributed by atoms with Crippen molar-refractivity contribution in [1.82, 2.24) is 0 Å². The molecule has 0 aliphatic carbocycles. The zero-order valence-electron chi connectivity index (χ0n) is 9.44. The van der Waals surface area contributed by atoms with Crippen molar-refractivity contribution in [3.63, 3.8) is 0 Å². The first-order valence-electron chi connectivity index (χ1n) is 5.08. The molecule has 0 radical (unpaired) electrons. The van der Waals surface area contributed by atoms with Gasteiger partial charge in [0.05, 0.1) is 18.2 Å². The number of benzene rings is 1. The second kappa shape index (κ2) is 6.75. The van der Waals surface area contributed by atoms with Gasteiger partial charge in [0.25, 0.3) is 0 Å². The summed E-state index contributed by atoms with van der Waals surface area (Å²) < 4.78 is 4.76. The lowest BCUT2D eigenvalue weighted by Crippen LogP contribution is -2.13. The largest absolute Gasteiger partial charge is 0.450 e. The highest BCUT2D eigenvalue weighted by atomic mass is 35.5. The van der Waals surface area contributed by atoms with Crippen LogP contribution in [0, 0.1) is 0 Å². The van der Waals surface area contributed by atoms with Crippen LogP contribution in [-0.4, -0.2) is 24.4 Å². The molecule has 1 aromatic rings. The molecule has 0 heterocycles. The van der Waals surface area contributed by atoms with Gasteiger partial charge in [-0.05, 0) is 25.1 Å². The molecule has 0 saturated heterocycles. The number of amidine groups is 1. The Kier molecular flexibility index (Phi) is 5.29. The van der Waals surface area contributed by atoms with Crippen molar-refractivity contribution in [2.75, 3.05) is 17.8 Å². The van der Waals surface area contributed by atoms with E-state index in [0.29, 0.717) is 23.8 Å². The Morgan fingerprint density at radius 2 is 2.35 bits per heavy atom. The van der Waals surface area contributed by atoms with Crippen molar-refractivity contribution in [3.05, 3.63) is 24.3 Å². The van der Waals surface area contributed by atoms with Crippen LogP contribution in [0.15, 0.2) is 29.3 Å². The van der Waals surface area contributed by atoms with Crippen LogP contribution in [0.2, 0.25) is 0 Å². The van der Waals surface area contributed by atoms with Crippen LogP contribution < -0.4 is 11.1 Å². The molecule has 0 bridgehead atoms. The summed E-state index contributed by atoms with van der Waals surface area (Å²) in [6, 6.07) is 6.92. The van der Waals surface area contributed by atoms with E-state index in [0.717, 1.165) is 0 Å². The van der Waals surface area contributed by atoms with E-state index in [4.69, 9.17) is 22.1 Å². The molecule has 1 amide bonds. The predicted molar refractivity (Wildman–Crippen MR) is 69.1 cm³/mol. The first-order chi connectivity index (χ1) is 8.15. The fourth-order valence-electron chi connectivity index (χ4n) is 1.13. The summed E-state index contributed by atoms with van der Waals surface area (Å²) in [4.78, 5) is 15.2. The second-order valence-electron chi connectivity index (χ2n) is 3.13. The van der Waals surface area contributed by atoms with Crippen LogP contribution in [-0.2, 0) is 4.74 Å². The number of carbonyl (C=O) groups is 1. The normalized spacial score (nSPS) is 11.1. The summed E-state index contributed by atoms with van der Waals surface area (Å²) in [5.74, 6) is 0.482. The van der Waals surface area contributed by atoms with Gasteiger partial charge in [0.1, 0.15) is 5.84 Å². The van der Waals surface area contributed by atoms with Crippen LogP contribution in [0.25, 0.3) is 0 Å². The number of anilines is 1. The topological polar surface area (TPSA) is 76.7 Å². The molecule has 0 spiro atoms. The Morgan fingerprint density at radius 1 is 1.59 bits per heavy atom. The van der Waals surface area contributed by atoms with Crippen LogP contribution in [0.4, 0.5) is 16.2 Å². The van der Waals surface area contributed by atoms with Crippen molar-refractivity contribution < 1.29 is 9.53 Å². The second-order valence-corrected chi connectivity index (χ2v) is 3.40. The van der Waals surface area contributed by atoms with Gasteiger partial charge in [-0.3, -0.25) is 5.32 Å². The van der Waals surface area contributed by atoms with Crippen molar-refractivity contribution >= 4 is 34.9 Å². The minimum atomic E-state index is -0.501. The third-order valence-corrected chi connectivity index (χ3v) is 2.05. The standard InChI is InChI=1S/C11H14ClN3O2/c1-2-17-11(16)15-9-5-3-4-8(6-9)14-10(13)7-12/h3-6H,2,7H2,1H3,(H2,13,14)(H,15,16). The van der Waals surface area contributed by atoms with E-state index in [2.05, 4.69) is 10.3 Å². The van der Waals surface area contributed by atoms with Gasteiger partial charge in [-0.1, -0.05) is 6.07 Å². The van der Waals surface area contributed by atoms with Crippen molar-refractivity contribution in [2.45, 2.75) is 6.92 Å². The minimum Gasteiger partial charge on any atom is -0.450 e. The number of halogens is 1. The molecule has 6 heteroatoms. The highest BCUT2D eigenvalue weighted by Crippen LogP contribution is 2.18. The molecular formula is C11H14ClN3O2. The van der Waals surface area contributed by atoms with E-state index in [-0.39, 0.29) is 5.88 Å². The first kappa shape index (κ1) is 13.3. The maximum atomic E-state index is 11.2. The number of alkyl halides is 1. The Hall–Kier alpha value is -1.75. The molecule has 92 valence electrons. The molecule has 0 aliphatic rings. The molecule has 0 aliphatic heterocycles. The Labute approximate surface area is 105 Å². The van der Waals surface area contributed by atoms with Crippen LogP contribution in [0.3, 0.4) is 0 Å². The molecule has 0 saturated carbocycles. The molecule has 0 fully saturated rings. The monoisotopic (exact) mass is 255 g/mol. The number of nitrogens with one attached hydrogen (secondary N) is 1. The molecule has 0 aromatic heterocycles. The van der Waals surface area contributed by atoms with Gasteiger partial charge in [0.15, 0.2) is 0 Å². The van der Waals surface area contributed by atoms with Gasteiger partial charge in [0.2, 0.25) is 0 Å². The zero-order valence-corrected chi connectivity index (χ0v) is 10.2. The summed E-state index contributed by atoms with van der Waals surface area (Å²) in [5.41, 5.74) is 6.72. The number of nitrogens with zero attached hydrogens (tertiary/aromatic N) is 1. The van der Waals surface area contributed by atoms with E-state index in [1.807, 2.05) is 0 Å². The Morgan fingerprint density at radius 3 is 3.00 bits per heavy atom. The van der Waals surface area contributed by atoms with Crippen molar-refractivity contribution in [3.8, 4) is 0 Å². The summed E-state index contributed by atoms with van der Waals surface area (Å²) in [7, 11) is 0. The zero-order chi connectivity index (χ0) is 12.7. The number of ether oxygens (including phenoxy) is 1. The van der Waals surface area contributed by atoms with Crippen LogP contribution in [0.5, 0.6) is 0 Å². The molecule has 1 rings (SSSR count). The van der Waals surface area contributed by atoms with Crippen LogP contribution >= 0.6 is 11.6 Å². The third-order valence-electron chi connectivity index (χ3n) is 1.78. The van der Waals surface area contributed by atoms with Gasteiger partial charge < -0.3 is 10.5 Å². The molecule has 0 atom stereocenters. The molecule has 1 aromatic carbocycles. The van der Waals surface area contributed by atoms with Crippen molar-refractivity contribution in [1.29, 1.82) is 0 Å². The fourth-order valence-corrected chi connectivity index (χ4v) is 1.19. The average molecular weight is 256 g/mol. The number of aliphatic imine (C=N–C) groups is 1. The summed E-state index contributed by atoms with van der Waals surface area (Å²) in [6.07, 6.45) is -0.501. The smallest absolute Gasteiger partial charge is 0.411 e. The fraction of sp³-hybridized carbons (Fsp3) is 0.273. The number of carbonyl (C=O) groups excluding carboxylic acids is 1. The molecule has 3 N–H and O–H groups in total. The Balaban J connectivity index is 2.76. The van der Waals surface area contributed by atoms with Gasteiger partial charge in [-0.2, -0.15) is 0 Å². The lowest BCUT2D eigenvalue weighted by molar-refractivity contribution is 0.168. The predicted octanol–water partition coefficient (Wildman–Crippen LogP) is 2.48. The summed E-state index contributed by atoms with van der Waals surface area (Å²) >= 11 is 5.52. The lowest BCUT2D eigenvalue weighted by atomic mass is 10.3. The van der Waals surface area contributed by atoms with Gasteiger partial charge in [-0.25, -0.2) is 9.79 Å². The lowest BCUT2D eigenvalue weighted by Gasteiger charge is -2.05. The third kappa shape index (κ3) is 4.74.